The molecule has 0 spiro atoms. The van der Waals surface area contributed by atoms with Gasteiger partial charge in [-0.15, -0.1) is 0 Å². The van der Waals surface area contributed by atoms with Crippen LogP contribution in [0, 0.1) is 0 Å². The van der Waals surface area contributed by atoms with E-state index in [1.165, 1.54) is 63.9 Å². The molecule has 3 aliphatic carbocycles. The highest BCUT2D eigenvalue weighted by molar-refractivity contribution is 7.77. The first-order valence-corrected chi connectivity index (χ1v) is 14.2. The highest BCUT2D eigenvalue weighted by Gasteiger charge is 2.56. The predicted molar refractivity (Wildman–Crippen MR) is 122 cm³/mol. The van der Waals surface area contributed by atoms with Gasteiger partial charge in [-0.3, -0.25) is 0 Å². The summed E-state index contributed by atoms with van der Waals surface area (Å²) in [4.78, 5) is 0. The molecule has 1 nitrogen and oxygen atoms in total. The molecule has 0 saturated heterocycles. The van der Waals surface area contributed by atoms with E-state index in [-0.39, 0.29) is 17.0 Å². The Morgan fingerprint density at radius 3 is 1.32 bits per heavy atom. The van der Waals surface area contributed by atoms with Crippen LogP contribution in [0.5, 0.6) is 0 Å². The molecule has 4 rings (SSSR count). The molecule has 28 heavy (non-hydrogen) atoms. The van der Waals surface area contributed by atoms with Gasteiger partial charge in [0, 0.05) is 12.9 Å². The largest absolute Gasteiger partial charge is 1.00 e. The minimum Gasteiger partial charge on any atom is -1.00 e. The van der Waals surface area contributed by atoms with Crippen molar-refractivity contribution >= 4 is 12.9 Å². The summed E-state index contributed by atoms with van der Waals surface area (Å²) in [6.45, 7) is 0. The number of hydrogen-bond acceptors (Lipinski definition) is 1. The molecule has 0 unspecified atom stereocenters. The summed E-state index contributed by atoms with van der Waals surface area (Å²) in [7, 11) is -1.00. The van der Waals surface area contributed by atoms with Gasteiger partial charge >= 0.3 is 0 Å². The Labute approximate surface area is 184 Å². The fraction of sp³-hybridized carbons (Fsp3) is 0.760. The average Bonchev–Trinajstić information content (AvgIpc) is 2.75. The van der Waals surface area contributed by atoms with Gasteiger partial charge in [0.1, 0.15) is 0 Å². The van der Waals surface area contributed by atoms with Crippen LogP contribution in [0.2, 0.25) is 0 Å². The molecular weight excluding hydrogens is 425 g/mol. The molecule has 3 aliphatic rings. The van der Waals surface area contributed by atoms with Crippen LogP contribution >= 0.6 is 7.26 Å². The number of benzene rings is 1. The summed E-state index contributed by atoms with van der Waals surface area (Å²) in [5.41, 5.74) is 11.8. The molecule has 3 saturated carbocycles. The van der Waals surface area contributed by atoms with Crippen LogP contribution in [0.25, 0.3) is 0 Å². The lowest BCUT2D eigenvalue weighted by Gasteiger charge is -2.49. The quantitative estimate of drug-likeness (QED) is 0.490. The van der Waals surface area contributed by atoms with E-state index in [2.05, 4.69) is 24.3 Å². The lowest BCUT2D eigenvalue weighted by atomic mass is 9.99. The van der Waals surface area contributed by atoms with E-state index in [0.717, 1.165) is 22.7 Å². The SMILES string of the molecule is Nc1ccc(C[P+](C2CCCCC2)(C2CCCCC2)C2CCCCC2)cc1.[Br-]. The Bertz CT molecular complexity index is 523. The minimum atomic E-state index is -1.00. The zero-order chi connectivity index (χ0) is 18.5. The standard InChI is InChI=1S/C25H41NP.BrH/c26-22-18-16-21(17-19-22)20-27(23-10-4-1-5-11-23,24-12-6-2-7-13-24)25-14-8-3-9-15-25;/h16-19,23-25H,1-15,20,26H2;1H/q+1;/p-1. The lowest BCUT2D eigenvalue weighted by Crippen LogP contribution is -3.00. The van der Waals surface area contributed by atoms with E-state index >= 15 is 0 Å². The van der Waals surface area contributed by atoms with Gasteiger partial charge in [-0.1, -0.05) is 31.4 Å². The fourth-order valence-electron chi connectivity index (χ4n) is 6.91. The number of nitrogen functional groups attached to an aromatic ring is 1. The summed E-state index contributed by atoms with van der Waals surface area (Å²) < 4.78 is 0. The molecule has 0 heterocycles. The molecule has 2 N–H and O–H groups in total. The smallest absolute Gasteiger partial charge is 0.0851 e. The number of nitrogens with two attached hydrogens (primary N) is 1. The van der Waals surface area contributed by atoms with Crippen LogP contribution in [-0.4, -0.2) is 17.0 Å². The number of anilines is 1. The Balaban J connectivity index is 0.00000225. The fourth-order valence-corrected chi connectivity index (χ4v) is 14.3. The van der Waals surface area contributed by atoms with Crippen molar-refractivity contribution in [2.45, 2.75) is 119 Å². The summed E-state index contributed by atoms with van der Waals surface area (Å²) >= 11 is 0. The van der Waals surface area contributed by atoms with Crippen LogP contribution in [-0.2, 0) is 6.16 Å². The Morgan fingerprint density at radius 1 is 0.607 bits per heavy atom. The van der Waals surface area contributed by atoms with Crippen LogP contribution in [0.3, 0.4) is 0 Å². The molecule has 3 heteroatoms. The van der Waals surface area contributed by atoms with Crippen molar-refractivity contribution in [3.8, 4) is 0 Å². The summed E-state index contributed by atoms with van der Waals surface area (Å²) in [5, 5.41) is 0. The molecular formula is C25H41BrNP. The average molecular weight is 466 g/mol. The van der Waals surface area contributed by atoms with Crippen LogP contribution in [0.1, 0.15) is 102 Å². The van der Waals surface area contributed by atoms with E-state index in [9.17, 15) is 0 Å². The third kappa shape index (κ3) is 4.97. The van der Waals surface area contributed by atoms with Gasteiger partial charge < -0.3 is 22.7 Å². The maximum Gasteiger partial charge on any atom is 0.0851 e. The third-order valence-electron chi connectivity index (χ3n) is 8.20. The van der Waals surface area contributed by atoms with Gasteiger partial charge in [0.25, 0.3) is 0 Å². The monoisotopic (exact) mass is 465 g/mol. The Hall–Kier alpha value is -0.0700. The van der Waals surface area contributed by atoms with Crippen molar-refractivity contribution in [1.29, 1.82) is 0 Å². The summed E-state index contributed by atoms with van der Waals surface area (Å²) in [6.07, 6.45) is 24.3. The summed E-state index contributed by atoms with van der Waals surface area (Å²) in [5.74, 6) is 0. The van der Waals surface area contributed by atoms with Crippen molar-refractivity contribution in [3.05, 3.63) is 29.8 Å². The van der Waals surface area contributed by atoms with E-state index in [1.807, 2.05) is 0 Å². The van der Waals surface area contributed by atoms with Gasteiger partial charge in [-0.05, 0) is 94.7 Å². The molecule has 158 valence electrons. The van der Waals surface area contributed by atoms with Crippen LogP contribution in [0.4, 0.5) is 5.69 Å². The number of hydrogen-bond donors (Lipinski definition) is 1. The van der Waals surface area contributed by atoms with Crippen LogP contribution in [0.15, 0.2) is 24.3 Å². The first-order chi connectivity index (χ1) is 13.3. The van der Waals surface area contributed by atoms with Crippen molar-refractivity contribution in [2.75, 3.05) is 5.73 Å². The van der Waals surface area contributed by atoms with Crippen LogP contribution < -0.4 is 22.7 Å². The van der Waals surface area contributed by atoms with Crippen molar-refractivity contribution < 1.29 is 17.0 Å². The lowest BCUT2D eigenvalue weighted by molar-refractivity contribution is -0.00000569. The molecule has 1 aromatic rings. The Kier molecular flexibility index (Phi) is 8.73. The summed E-state index contributed by atoms with van der Waals surface area (Å²) in [6, 6.07) is 9.07. The second-order valence-electron chi connectivity index (χ2n) is 9.77. The maximum atomic E-state index is 6.03. The third-order valence-corrected chi connectivity index (χ3v) is 14.7. The highest BCUT2D eigenvalue weighted by atomic mass is 79.9. The molecule has 0 aliphatic heterocycles. The predicted octanol–water partition coefficient (Wildman–Crippen LogP) is 4.79. The molecule has 0 bridgehead atoms. The molecule has 3 fully saturated rings. The number of halogens is 1. The van der Waals surface area contributed by atoms with Gasteiger partial charge in [0.05, 0.1) is 23.1 Å². The van der Waals surface area contributed by atoms with E-state index in [1.54, 1.807) is 44.1 Å². The zero-order valence-corrected chi connectivity index (χ0v) is 20.2. The van der Waals surface area contributed by atoms with E-state index in [4.69, 9.17) is 5.73 Å². The minimum absolute atomic E-state index is 0. The first-order valence-electron chi connectivity index (χ1n) is 12.0. The zero-order valence-electron chi connectivity index (χ0n) is 17.8. The number of rotatable bonds is 5. The van der Waals surface area contributed by atoms with Gasteiger partial charge in [0.2, 0.25) is 0 Å². The molecule has 0 atom stereocenters. The second kappa shape index (κ2) is 10.8. The highest BCUT2D eigenvalue weighted by Crippen LogP contribution is 2.78. The van der Waals surface area contributed by atoms with Crippen molar-refractivity contribution in [2.24, 2.45) is 0 Å². The molecule has 0 radical (unpaired) electrons. The molecule has 0 aromatic heterocycles. The second-order valence-corrected chi connectivity index (χ2v) is 14.3. The maximum absolute atomic E-state index is 6.03. The normalized spacial score (nSPS) is 23.3. The van der Waals surface area contributed by atoms with Gasteiger partial charge in [0.15, 0.2) is 0 Å². The van der Waals surface area contributed by atoms with Crippen molar-refractivity contribution in [1.82, 2.24) is 0 Å². The van der Waals surface area contributed by atoms with E-state index < -0.39 is 7.26 Å². The topological polar surface area (TPSA) is 26.0 Å². The van der Waals surface area contributed by atoms with Gasteiger partial charge in [-0.25, -0.2) is 0 Å². The van der Waals surface area contributed by atoms with E-state index in [0.29, 0.717) is 0 Å². The first kappa shape index (κ1) is 22.6. The van der Waals surface area contributed by atoms with Crippen molar-refractivity contribution in [3.63, 3.8) is 0 Å². The molecule has 1 aromatic carbocycles. The molecule has 0 amide bonds. The Morgan fingerprint density at radius 2 is 0.964 bits per heavy atom. The van der Waals surface area contributed by atoms with Gasteiger partial charge in [-0.2, -0.15) is 0 Å².